The van der Waals surface area contributed by atoms with Crippen molar-refractivity contribution >= 4 is 122 Å². The zero-order chi connectivity index (χ0) is 86.6. The van der Waals surface area contributed by atoms with E-state index in [9.17, 15) is 19.2 Å². The van der Waals surface area contributed by atoms with E-state index >= 15 is 0 Å². The Morgan fingerprint density at radius 2 is 0.676 bits per heavy atom. The van der Waals surface area contributed by atoms with Crippen LogP contribution in [0, 0.1) is 0 Å². The number of rotatable bonds is 10. The Labute approximate surface area is 668 Å². The van der Waals surface area contributed by atoms with Crippen LogP contribution in [0.15, 0.2) is 370 Å². The van der Waals surface area contributed by atoms with Crippen LogP contribution in [0.25, 0.3) is 143 Å². The summed E-state index contributed by atoms with van der Waals surface area (Å²) in [4.78, 5) is 4.77. The molecule has 4 heterocycles. The van der Waals surface area contributed by atoms with Crippen LogP contribution in [-0.4, -0.2) is 15.8 Å². The highest BCUT2D eigenvalue weighted by atomic mass is 15.2. The normalized spacial score (nSPS) is 14.5. The van der Waals surface area contributed by atoms with Crippen molar-refractivity contribution in [2.24, 2.45) is 0 Å². The first-order valence-corrected chi connectivity index (χ1v) is 37.9. The summed E-state index contributed by atoms with van der Waals surface area (Å²) in [6.45, 7) is 12.6. The molecular formula is C106H79BN4. The molecule has 526 valence electrons. The molecule has 2 aromatic heterocycles. The van der Waals surface area contributed by atoms with E-state index in [0.717, 1.165) is 116 Å². The second-order valence-electron chi connectivity index (χ2n) is 31.3. The average molecular weight is 1430 g/mol. The van der Waals surface area contributed by atoms with Crippen LogP contribution in [0.5, 0.6) is 0 Å². The molecule has 17 aromatic carbocycles. The molecule has 2 aliphatic heterocycles. The molecule has 0 aliphatic carbocycles. The van der Waals surface area contributed by atoms with Crippen molar-refractivity contribution in [1.82, 2.24) is 9.13 Å². The molecule has 0 bridgehead atoms. The summed E-state index contributed by atoms with van der Waals surface area (Å²) in [6.07, 6.45) is 0. The van der Waals surface area contributed by atoms with Gasteiger partial charge in [-0.1, -0.05) is 320 Å². The van der Waals surface area contributed by atoms with E-state index in [4.69, 9.17) is 0 Å². The SMILES string of the molecule is [2H]c1c([2H])c([2H])c2c(c1[2H])c1c([2H])c(-c3ccccc3)c([2H])c([2H])c1n2-c1ccc2c(c1)N(c1c(-c3ccccc3)cccc1-c1ccc3c(ccc4ccccc43)c1)c1cc(C(C)(C)C)cc3c1B2c1ccc(-n2c4c([2H])c([2H])c([2H])c([2H])c4c4c([2H])c(-c5ccccc5)c([2H])c([2H])c42)cc1N3c1c(-c2ccccc2)cc(C(C)(C)C)cc1-c1ccccc1. The Bertz CT molecular complexity index is 7800. The molecule has 21 rings (SSSR count). The van der Waals surface area contributed by atoms with Crippen molar-refractivity contribution in [3.05, 3.63) is 381 Å². The molecular weight excluding hydrogens is 1340 g/mol. The van der Waals surface area contributed by atoms with Gasteiger partial charge in [0.2, 0.25) is 0 Å². The first-order valence-electron chi connectivity index (χ1n) is 44.9. The first-order chi connectivity index (χ1) is 60.2. The molecule has 19 aromatic rings. The van der Waals surface area contributed by atoms with Gasteiger partial charge in [-0.15, -0.1) is 0 Å². The molecule has 5 heteroatoms. The molecule has 0 fully saturated rings. The number of nitrogens with zero attached hydrogens (tertiary/aromatic N) is 4. The Balaban J connectivity index is 0.957. The summed E-state index contributed by atoms with van der Waals surface area (Å²) in [7, 11) is 0. The zero-order valence-electron chi connectivity index (χ0n) is 76.0. The van der Waals surface area contributed by atoms with Crippen LogP contribution < -0.4 is 26.2 Å². The molecule has 0 radical (unpaired) electrons. The maximum absolute atomic E-state index is 10.4. The molecule has 0 saturated carbocycles. The highest BCUT2D eigenvalue weighted by Crippen LogP contribution is 2.56. The summed E-state index contributed by atoms with van der Waals surface area (Å²) in [6, 6.07) is 91.4. The number of anilines is 6. The highest BCUT2D eigenvalue weighted by Gasteiger charge is 2.46. The number of benzene rings is 17. The standard InChI is InChI=1S/C106H79BN4/c1-105(2,3)78-62-88(71-35-18-10-19-36-71)104(89(63-78)72-37-20-11-21-38-72)111-99-67-81(109-95-46-27-25-42-87(95)91-61-75(51-58-97(91)109)69-31-14-8-15-32-69)53-56-93(99)107-92-55-52-80(108-94-45-26-24-41-86(94)90-60-74(50-57-96(90)108)68-29-12-7-13-30-68)66-98(92)110(100-64-79(106(4,5)6)65-101(111)102(100)107)103-84(70-33-16-9-17-34-70)43-28-44-85(103)77-49-54-83-76(59-77)48-47-73-39-22-23-40-82(73)83/h7-67H,1-6H3/i24D,25D,26D,27D,41D,42D,45D,46D,50D,51D,57D,58D,60D,61D. The number of fused-ring (bicyclic) bond motifs is 13. The minimum absolute atomic E-state index is 0.0240. The third-order valence-electron chi connectivity index (χ3n) is 22.6. The molecule has 2 aliphatic rings. The monoisotopic (exact) mass is 1430 g/mol. The van der Waals surface area contributed by atoms with E-state index in [1.807, 2.05) is 60.7 Å². The van der Waals surface area contributed by atoms with Gasteiger partial charge in [0.1, 0.15) is 0 Å². The third-order valence-corrected chi connectivity index (χ3v) is 22.6. The lowest BCUT2D eigenvalue weighted by atomic mass is 9.33. The maximum atomic E-state index is 10.4. The van der Waals surface area contributed by atoms with Gasteiger partial charge in [0, 0.05) is 77.9 Å². The molecule has 0 saturated heterocycles. The predicted molar refractivity (Wildman–Crippen MR) is 474 cm³/mol. The van der Waals surface area contributed by atoms with Crippen LogP contribution in [0.2, 0.25) is 0 Å². The Kier molecular flexibility index (Phi) is 12.1. The minimum atomic E-state index is -0.740. The first kappa shape index (κ1) is 52.5. The summed E-state index contributed by atoms with van der Waals surface area (Å²) in [5, 5.41) is 4.59. The quantitative estimate of drug-likeness (QED) is 0.100. The molecule has 4 nitrogen and oxygen atoms in total. The van der Waals surface area contributed by atoms with Crippen molar-refractivity contribution in [2.75, 3.05) is 9.80 Å². The predicted octanol–water partition coefficient (Wildman–Crippen LogP) is 26.9. The molecule has 111 heavy (non-hydrogen) atoms. The van der Waals surface area contributed by atoms with Crippen molar-refractivity contribution in [3.8, 4) is 78.1 Å². The van der Waals surface area contributed by atoms with Crippen LogP contribution in [-0.2, 0) is 10.8 Å². The fourth-order valence-corrected chi connectivity index (χ4v) is 17.2. The Morgan fingerprint density at radius 1 is 0.270 bits per heavy atom. The van der Waals surface area contributed by atoms with Gasteiger partial charge in [-0.05, 0) is 195 Å². The fraction of sp³-hybridized carbons (Fsp3) is 0.0755. The summed E-state index contributed by atoms with van der Waals surface area (Å²) in [5.74, 6) is 0. The van der Waals surface area contributed by atoms with Crippen LogP contribution in [0.1, 0.15) is 71.9 Å². The lowest BCUT2D eigenvalue weighted by molar-refractivity contribution is 0.590. The van der Waals surface area contributed by atoms with E-state index in [1.165, 1.54) is 0 Å². The van der Waals surface area contributed by atoms with E-state index in [0.29, 0.717) is 33.9 Å². The van der Waals surface area contributed by atoms with E-state index < -0.39 is 65.9 Å². The van der Waals surface area contributed by atoms with Crippen molar-refractivity contribution in [1.29, 1.82) is 0 Å². The second kappa shape index (κ2) is 25.6. The van der Waals surface area contributed by atoms with Crippen LogP contribution in [0.3, 0.4) is 0 Å². The van der Waals surface area contributed by atoms with Crippen LogP contribution in [0.4, 0.5) is 34.1 Å². The van der Waals surface area contributed by atoms with E-state index in [2.05, 4.69) is 227 Å². The molecule has 0 N–H and O–H groups in total. The third kappa shape index (κ3) is 10.7. The van der Waals surface area contributed by atoms with E-state index in [-0.39, 0.29) is 91.0 Å². The highest BCUT2D eigenvalue weighted by molar-refractivity contribution is 7.00. The molecule has 0 spiro atoms. The minimum Gasteiger partial charge on any atom is -0.310 e. The topological polar surface area (TPSA) is 16.3 Å². The number of hydrogen-bond acceptors (Lipinski definition) is 2. The van der Waals surface area contributed by atoms with Gasteiger partial charge >= 0.3 is 0 Å². The molecule has 0 amide bonds. The van der Waals surface area contributed by atoms with E-state index in [1.54, 1.807) is 57.7 Å². The Hall–Kier alpha value is -13.5. The molecule has 0 atom stereocenters. The van der Waals surface area contributed by atoms with Crippen LogP contribution >= 0.6 is 0 Å². The van der Waals surface area contributed by atoms with Gasteiger partial charge in [-0.3, -0.25) is 0 Å². The average Bonchev–Trinajstić information content (AvgIpc) is 1.64. The zero-order valence-corrected chi connectivity index (χ0v) is 62.0. The second-order valence-corrected chi connectivity index (χ2v) is 31.3. The van der Waals surface area contributed by atoms with Crippen molar-refractivity contribution in [2.45, 2.75) is 52.4 Å². The van der Waals surface area contributed by atoms with Gasteiger partial charge in [-0.2, -0.15) is 0 Å². The largest absolute Gasteiger partial charge is 0.310 e. The summed E-state index contributed by atoms with van der Waals surface area (Å²) < 4.78 is 142. The Morgan fingerprint density at radius 3 is 1.17 bits per heavy atom. The van der Waals surface area contributed by atoms with Gasteiger partial charge < -0.3 is 18.9 Å². The lowest BCUT2D eigenvalue weighted by Crippen LogP contribution is -2.61. The number of para-hydroxylation sites is 3. The maximum Gasteiger partial charge on any atom is 0.252 e. The smallest absolute Gasteiger partial charge is 0.252 e. The van der Waals surface area contributed by atoms with Crippen molar-refractivity contribution < 1.29 is 19.2 Å². The summed E-state index contributed by atoms with van der Waals surface area (Å²) in [5.41, 5.74) is 17.3. The lowest BCUT2D eigenvalue weighted by Gasteiger charge is -2.46. The summed E-state index contributed by atoms with van der Waals surface area (Å²) >= 11 is 0. The number of aromatic nitrogens is 2. The fourth-order valence-electron chi connectivity index (χ4n) is 17.2. The van der Waals surface area contributed by atoms with Gasteiger partial charge in [-0.25, -0.2) is 0 Å². The molecule has 0 unspecified atom stereocenters. The van der Waals surface area contributed by atoms with Gasteiger partial charge in [0.15, 0.2) is 0 Å². The number of hydrogen-bond donors (Lipinski definition) is 0. The van der Waals surface area contributed by atoms with Gasteiger partial charge in [0.25, 0.3) is 6.71 Å². The van der Waals surface area contributed by atoms with Crippen molar-refractivity contribution in [3.63, 3.8) is 0 Å². The van der Waals surface area contributed by atoms with Gasteiger partial charge in [0.05, 0.1) is 52.6 Å².